The summed E-state index contributed by atoms with van der Waals surface area (Å²) in [7, 11) is 0. The van der Waals surface area contributed by atoms with Crippen molar-refractivity contribution in [2.24, 2.45) is 11.8 Å². The van der Waals surface area contributed by atoms with Gasteiger partial charge in [-0.2, -0.15) is 5.26 Å². The summed E-state index contributed by atoms with van der Waals surface area (Å²) in [5.41, 5.74) is 1.93. The average molecular weight is 375 g/mol. The van der Waals surface area contributed by atoms with Crippen molar-refractivity contribution in [2.45, 2.75) is 51.2 Å². The third-order valence-corrected chi connectivity index (χ3v) is 5.64. The standard InChI is InChI=1S/C17H19BrN4O/c18-16-15(23-13-5-3-11(9-19)4-6-13)8-7-14-17(16)20-21-22(14)10-12-1-2-12/h7-8,11-13H,1-6,10H2. The lowest BCUT2D eigenvalue weighted by Gasteiger charge is -2.26. The third kappa shape index (κ3) is 3.07. The van der Waals surface area contributed by atoms with Crippen LogP contribution in [-0.2, 0) is 6.54 Å². The van der Waals surface area contributed by atoms with Gasteiger partial charge in [0, 0.05) is 12.5 Å². The van der Waals surface area contributed by atoms with Gasteiger partial charge in [0.1, 0.15) is 11.3 Å². The molecular formula is C17H19BrN4O. The zero-order valence-corrected chi connectivity index (χ0v) is 14.5. The number of nitriles is 1. The molecule has 1 heterocycles. The monoisotopic (exact) mass is 374 g/mol. The molecule has 5 nitrogen and oxygen atoms in total. The molecule has 2 aliphatic carbocycles. The number of aromatic nitrogens is 3. The van der Waals surface area contributed by atoms with Crippen molar-refractivity contribution < 1.29 is 4.74 Å². The molecule has 1 aromatic heterocycles. The highest BCUT2D eigenvalue weighted by molar-refractivity contribution is 9.10. The van der Waals surface area contributed by atoms with Crippen LogP contribution >= 0.6 is 15.9 Å². The summed E-state index contributed by atoms with van der Waals surface area (Å²) in [4.78, 5) is 0. The van der Waals surface area contributed by atoms with Gasteiger partial charge in [0.15, 0.2) is 0 Å². The molecule has 2 saturated carbocycles. The normalized spacial score (nSPS) is 24.5. The van der Waals surface area contributed by atoms with Crippen LogP contribution in [0.15, 0.2) is 16.6 Å². The predicted octanol–water partition coefficient (Wildman–Crippen LogP) is 4.06. The Morgan fingerprint density at radius 2 is 2.00 bits per heavy atom. The molecule has 0 unspecified atom stereocenters. The zero-order valence-electron chi connectivity index (χ0n) is 12.9. The minimum absolute atomic E-state index is 0.190. The van der Waals surface area contributed by atoms with E-state index in [0.717, 1.165) is 59.4 Å². The Bertz CT molecular complexity index is 754. The van der Waals surface area contributed by atoms with E-state index in [2.05, 4.69) is 38.4 Å². The Hall–Kier alpha value is -1.61. The van der Waals surface area contributed by atoms with Crippen LogP contribution in [0.2, 0.25) is 0 Å². The van der Waals surface area contributed by atoms with E-state index in [1.165, 1.54) is 12.8 Å². The van der Waals surface area contributed by atoms with E-state index in [0.29, 0.717) is 0 Å². The number of ether oxygens (including phenoxy) is 1. The maximum absolute atomic E-state index is 8.98. The first-order chi connectivity index (χ1) is 11.2. The number of fused-ring (bicyclic) bond motifs is 1. The van der Waals surface area contributed by atoms with Gasteiger partial charge >= 0.3 is 0 Å². The second kappa shape index (κ2) is 6.12. The van der Waals surface area contributed by atoms with Gasteiger partial charge in [-0.3, -0.25) is 0 Å². The van der Waals surface area contributed by atoms with E-state index >= 15 is 0 Å². The van der Waals surface area contributed by atoms with Gasteiger partial charge in [0.2, 0.25) is 0 Å². The van der Waals surface area contributed by atoms with E-state index in [9.17, 15) is 0 Å². The summed E-state index contributed by atoms with van der Waals surface area (Å²) >= 11 is 3.64. The molecule has 0 amide bonds. The molecule has 2 fully saturated rings. The molecule has 0 aliphatic heterocycles. The second-order valence-electron chi connectivity index (χ2n) is 6.68. The van der Waals surface area contributed by atoms with Crippen LogP contribution < -0.4 is 4.74 Å². The lowest BCUT2D eigenvalue weighted by molar-refractivity contribution is 0.142. The van der Waals surface area contributed by atoms with E-state index in [4.69, 9.17) is 10.00 Å². The summed E-state index contributed by atoms with van der Waals surface area (Å²) in [6, 6.07) is 6.43. The number of hydrogen-bond donors (Lipinski definition) is 0. The summed E-state index contributed by atoms with van der Waals surface area (Å²) in [6.07, 6.45) is 6.53. The summed E-state index contributed by atoms with van der Waals surface area (Å²) in [5.74, 6) is 1.80. The Morgan fingerprint density at radius 3 is 2.70 bits per heavy atom. The lowest BCUT2D eigenvalue weighted by atomic mass is 9.88. The molecule has 0 bridgehead atoms. The van der Waals surface area contributed by atoms with Gasteiger partial charge < -0.3 is 4.74 Å². The maximum atomic E-state index is 8.98. The maximum Gasteiger partial charge on any atom is 0.136 e. The smallest absolute Gasteiger partial charge is 0.136 e. The van der Waals surface area contributed by atoms with Crippen molar-refractivity contribution in [2.75, 3.05) is 0 Å². The molecular weight excluding hydrogens is 356 g/mol. The number of benzene rings is 1. The summed E-state index contributed by atoms with van der Waals surface area (Å²) < 4.78 is 9.04. The Labute approximate surface area is 143 Å². The van der Waals surface area contributed by atoms with Crippen LogP contribution in [0.1, 0.15) is 38.5 Å². The quantitative estimate of drug-likeness (QED) is 0.808. The fourth-order valence-corrected chi connectivity index (χ4v) is 3.75. The number of nitrogens with zero attached hydrogens (tertiary/aromatic N) is 4. The van der Waals surface area contributed by atoms with Crippen molar-refractivity contribution in [1.29, 1.82) is 5.26 Å². The van der Waals surface area contributed by atoms with Gasteiger partial charge in [-0.15, -0.1) is 5.10 Å². The third-order valence-electron chi connectivity index (χ3n) is 4.87. The van der Waals surface area contributed by atoms with E-state index < -0.39 is 0 Å². The van der Waals surface area contributed by atoms with Gasteiger partial charge in [-0.25, -0.2) is 4.68 Å². The fourth-order valence-electron chi connectivity index (χ4n) is 3.25. The van der Waals surface area contributed by atoms with Crippen LogP contribution in [0.5, 0.6) is 5.75 Å². The topological polar surface area (TPSA) is 63.7 Å². The Balaban J connectivity index is 1.52. The number of rotatable bonds is 4. The van der Waals surface area contributed by atoms with Gasteiger partial charge in [0.05, 0.1) is 22.2 Å². The Kier molecular flexibility index (Phi) is 3.98. The van der Waals surface area contributed by atoms with Crippen LogP contribution in [0.4, 0.5) is 0 Å². The minimum Gasteiger partial charge on any atom is -0.489 e. The average Bonchev–Trinajstić information content (AvgIpc) is 3.30. The molecule has 120 valence electrons. The van der Waals surface area contributed by atoms with E-state index in [1.54, 1.807) is 0 Å². The van der Waals surface area contributed by atoms with Gasteiger partial charge in [0.25, 0.3) is 0 Å². The van der Waals surface area contributed by atoms with Gasteiger partial charge in [-0.05, 0) is 72.5 Å². The molecule has 0 radical (unpaired) electrons. The number of halogens is 1. The molecule has 4 rings (SSSR count). The lowest BCUT2D eigenvalue weighted by Crippen LogP contribution is -2.23. The first-order valence-corrected chi connectivity index (χ1v) is 9.12. The van der Waals surface area contributed by atoms with Crippen molar-refractivity contribution in [3.8, 4) is 11.8 Å². The summed E-state index contributed by atoms with van der Waals surface area (Å²) in [5, 5.41) is 17.6. The molecule has 1 aromatic carbocycles. The van der Waals surface area contributed by atoms with E-state index in [-0.39, 0.29) is 12.0 Å². The molecule has 23 heavy (non-hydrogen) atoms. The van der Waals surface area contributed by atoms with Crippen molar-refractivity contribution in [1.82, 2.24) is 15.0 Å². The molecule has 0 atom stereocenters. The zero-order chi connectivity index (χ0) is 15.8. The van der Waals surface area contributed by atoms with Crippen molar-refractivity contribution in [3.63, 3.8) is 0 Å². The van der Waals surface area contributed by atoms with Crippen LogP contribution in [0.25, 0.3) is 11.0 Å². The fraction of sp³-hybridized carbons (Fsp3) is 0.588. The van der Waals surface area contributed by atoms with Crippen LogP contribution in [-0.4, -0.2) is 21.1 Å². The molecule has 2 aromatic rings. The Morgan fingerprint density at radius 1 is 1.22 bits per heavy atom. The molecule has 0 N–H and O–H groups in total. The minimum atomic E-state index is 0.190. The van der Waals surface area contributed by atoms with Crippen molar-refractivity contribution in [3.05, 3.63) is 16.6 Å². The SMILES string of the molecule is N#CC1CCC(Oc2ccc3c(nnn3CC3CC3)c2Br)CC1. The van der Waals surface area contributed by atoms with Crippen LogP contribution in [0.3, 0.4) is 0 Å². The summed E-state index contributed by atoms with van der Waals surface area (Å²) in [6.45, 7) is 0.960. The highest BCUT2D eigenvalue weighted by Gasteiger charge is 2.25. The second-order valence-corrected chi connectivity index (χ2v) is 7.47. The highest BCUT2D eigenvalue weighted by Crippen LogP contribution is 2.36. The van der Waals surface area contributed by atoms with Gasteiger partial charge in [-0.1, -0.05) is 5.21 Å². The molecule has 0 saturated heterocycles. The molecule has 0 spiro atoms. The molecule has 2 aliphatic rings. The van der Waals surface area contributed by atoms with Crippen LogP contribution in [0, 0.1) is 23.2 Å². The first-order valence-electron chi connectivity index (χ1n) is 8.32. The molecule has 6 heteroatoms. The first kappa shape index (κ1) is 14.9. The number of hydrogen-bond acceptors (Lipinski definition) is 4. The predicted molar refractivity (Wildman–Crippen MR) is 89.9 cm³/mol. The van der Waals surface area contributed by atoms with E-state index in [1.807, 2.05) is 10.7 Å². The largest absolute Gasteiger partial charge is 0.489 e. The van der Waals surface area contributed by atoms with Crippen molar-refractivity contribution >= 4 is 27.0 Å². The highest BCUT2D eigenvalue weighted by atomic mass is 79.9.